The van der Waals surface area contributed by atoms with Gasteiger partial charge in [0.2, 0.25) is 0 Å². The zero-order chi connectivity index (χ0) is 14.4. The van der Waals surface area contributed by atoms with Gasteiger partial charge in [-0.05, 0) is 43.0 Å². The number of benzene rings is 1. The molecule has 1 aliphatic carbocycles. The number of sulfone groups is 1. The summed E-state index contributed by atoms with van der Waals surface area (Å²) in [7, 11) is -3.23. The summed E-state index contributed by atoms with van der Waals surface area (Å²) >= 11 is 3.30. The van der Waals surface area contributed by atoms with Crippen molar-refractivity contribution >= 4 is 25.8 Å². The van der Waals surface area contributed by atoms with Crippen LogP contribution in [-0.4, -0.2) is 49.4 Å². The van der Waals surface area contributed by atoms with Crippen molar-refractivity contribution in [2.24, 2.45) is 5.92 Å². The highest BCUT2D eigenvalue weighted by atomic mass is 79.9. The van der Waals surface area contributed by atoms with Crippen molar-refractivity contribution in [2.75, 3.05) is 25.4 Å². The second-order valence-corrected chi connectivity index (χ2v) is 8.89. The average molecular weight is 360 g/mol. The van der Waals surface area contributed by atoms with E-state index in [4.69, 9.17) is 0 Å². The molecule has 1 saturated heterocycles. The Morgan fingerprint density at radius 3 is 2.40 bits per heavy atom. The lowest BCUT2D eigenvalue weighted by atomic mass is 9.89. The van der Waals surface area contributed by atoms with Gasteiger partial charge in [-0.15, -0.1) is 0 Å². The van der Waals surface area contributed by atoms with Crippen LogP contribution in [0.25, 0.3) is 0 Å². The number of hydrogen-bond donors (Lipinski definition) is 1. The zero-order valence-electron chi connectivity index (χ0n) is 11.1. The highest BCUT2D eigenvalue weighted by Crippen LogP contribution is 2.44. The molecule has 0 aromatic heterocycles. The minimum absolute atomic E-state index is 0.107. The standard InChI is InChI=1S/C14H18BrNO3S/c15-12-3-5-13(6-4-12)20(18,19)8-7-16-9-14(17,10-16)11-1-2-11/h3-6,11,17H,1-2,7-10H2. The van der Waals surface area contributed by atoms with Gasteiger partial charge >= 0.3 is 0 Å². The number of halogens is 1. The Kier molecular flexibility index (Phi) is 3.69. The normalized spacial score (nSPS) is 22.5. The van der Waals surface area contributed by atoms with Gasteiger partial charge in [0.15, 0.2) is 9.84 Å². The molecule has 0 spiro atoms. The predicted octanol–water partition coefficient (Wildman–Crippen LogP) is 1.68. The smallest absolute Gasteiger partial charge is 0.179 e. The van der Waals surface area contributed by atoms with Gasteiger partial charge in [-0.1, -0.05) is 15.9 Å². The molecule has 2 fully saturated rings. The molecule has 1 saturated carbocycles. The molecule has 4 nitrogen and oxygen atoms in total. The summed E-state index contributed by atoms with van der Waals surface area (Å²) in [6.07, 6.45) is 2.23. The molecule has 0 amide bonds. The fraction of sp³-hybridized carbons (Fsp3) is 0.571. The van der Waals surface area contributed by atoms with Crippen molar-refractivity contribution in [3.05, 3.63) is 28.7 Å². The summed E-state index contributed by atoms with van der Waals surface area (Å²) in [4.78, 5) is 2.38. The van der Waals surface area contributed by atoms with E-state index in [0.29, 0.717) is 30.4 Å². The number of aliphatic hydroxyl groups is 1. The summed E-state index contributed by atoms with van der Waals surface area (Å²) in [6, 6.07) is 6.72. The third-order valence-electron chi connectivity index (χ3n) is 4.18. The molecule has 2 aliphatic rings. The largest absolute Gasteiger partial charge is 0.387 e. The minimum Gasteiger partial charge on any atom is -0.387 e. The van der Waals surface area contributed by atoms with Crippen LogP contribution in [0.2, 0.25) is 0 Å². The van der Waals surface area contributed by atoms with E-state index in [0.717, 1.165) is 17.3 Å². The molecule has 1 aromatic carbocycles. The maximum absolute atomic E-state index is 12.2. The van der Waals surface area contributed by atoms with E-state index < -0.39 is 15.4 Å². The Hall–Kier alpha value is -0.430. The van der Waals surface area contributed by atoms with Gasteiger partial charge in [-0.2, -0.15) is 0 Å². The van der Waals surface area contributed by atoms with Gasteiger partial charge in [0.1, 0.15) is 0 Å². The molecule has 1 N–H and O–H groups in total. The lowest BCUT2D eigenvalue weighted by Crippen LogP contribution is -2.63. The molecular weight excluding hydrogens is 342 g/mol. The zero-order valence-corrected chi connectivity index (χ0v) is 13.5. The molecule has 1 aromatic rings. The number of rotatable bonds is 5. The number of nitrogens with zero attached hydrogens (tertiary/aromatic N) is 1. The van der Waals surface area contributed by atoms with Gasteiger partial charge in [0.25, 0.3) is 0 Å². The molecule has 0 bridgehead atoms. The Balaban J connectivity index is 1.54. The Labute approximate surface area is 127 Å². The van der Waals surface area contributed by atoms with Crippen molar-refractivity contribution in [3.63, 3.8) is 0 Å². The molecular formula is C14H18BrNO3S. The highest BCUT2D eigenvalue weighted by Gasteiger charge is 2.51. The SMILES string of the molecule is O=S(=O)(CCN1CC(O)(C2CC2)C1)c1ccc(Br)cc1. The van der Waals surface area contributed by atoms with Crippen LogP contribution in [-0.2, 0) is 9.84 Å². The summed E-state index contributed by atoms with van der Waals surface area (Å²) in [6.45, 7) is 1.73. The summed E-state index contributed by atoms with van der Waals surface area (Å²) < 4.78 is 25.3. The molecule has 6 heteroatoms. The molecule has 0 radical (unpaired) electrons. The lowest BCUT2D eigenvalue weighted by Gasteiger charge is -2.47. The first-order valence-electron chi connectivity index (χ1n) is 6.82. The van der Waals surface area contributed by atoms with E-state index in [1.54, 1.807) is 24.3 Å². The van der Waals surface area contributed by atoms with Gasteiger partial charge in [0, 0.05) is 24.1 Å². The molecule has 1 heterocycles. The van der Waals surface area contributed by atoms with Crippen LogP contribution >= 0.6 is 15.9 Å². The maximum atomic E-state index is 12.2. The first kappa shape index (κ1) is 14.5. The van der Waals surface area contributed by atoms with Crippen LogP contribution in [0.1, 0.15) is 12.8 Å². The van der Waals surface area contributed by atoms with Crippen LogP contribution in [0.15, 0.2) is 33.6 Å². The monoisotopic (exact) mass is 359 g/mol. The number of β-amino-alcohol motifs (C(OH)–C–C–N with tert-alkyl or cyclic N) is 1. The number of hydrogen-bond acceptors (Lipinski definition) is 4. The molecule has 20 heavy (non-hydrogen) atoms. The first-order valence-corrected chi connectivity index (χ1v) is 9.27. The van der Waals surface area contributed by atoms with E-state index >= 15 is 0 Å². The summed E-state index contributed by atoms with van der Waals surface area (Å²) in [5.41, 5.74) is -0.540. The second-order valence-electron chi connectivity index (χ2n) is 5.86. The topological polar surface area (TPSA) is 57.6 Å². The van der Waals surface area contributed by atoms with Crippen molar-refractivity contribution in [2.45, 2.75) is 23.3 Å². The van der Waals surface area contributed by atoms with E-state index in [9.17, 15) is 13.5 Å². The van der Waals surface area contributed by atoms with Crippen LogP contribution in [0, 0.1) is 5.92 Å². The van der Waals surface area contributed by atoms with Crippen molar-refractivity contribution in [1.82, 2.24) is 4.90 Å². The Morgan fingerprint density at radius 2 is 1.85 bits per heavy atom. The molecule has 3 rings (SSSR count). The maximum Gasteiger partial charge on any atom is 0.179 e. The third-order valence-corrected chi connectivity index (χ3v) is 6.42. The second kappa shape index (κ2) is 5.09. The predicted molar refractivity (Wildman–Crippen MR) is 80.3 cm³/mol. The Morgan fingerprint density at radius 1 is 1.25 bits per heavy atom. The fourth-order valence-electron chi connectivity index (χ4n) is 2.77. The summed E-state index contributed by atoms with van der Waals surface area (Å²) in [5, 5.41) is 10.2. The van der Waals surface area contributed by atoms with Gasteiger partial charge in [0.05, 0.1) is 16.2 Å². The molecule has 0 unspecified atom stereocenters. The van der Waals surface area contributed by atoms with Crippen molar-refractivity contribution in [1.29, 1.82) is 0 Å². The van der Waals surface area contributed by atoms with E-state index in [1.807, 2.05) is 4.90 Å². The molecule has 0 atom stereocenters. The summed E-state index contributed by atoms with van der Waals surface area (Å²) in [5.74, 6) is 0.553. The van der Waals surface area contributed by atoms with Crippen LogP contribution in [0.4, 0.5) is 0 Å². The average Bonchev–Trinajstić information content (AvgIpc) is 3.18. The van der Waals surface area contributed by atoms with Crippen LogP contribution < -0.4 is 0 Å². The lowest BCUT2D eigenvalue weighted by molar-refractivity contribution is -0.110. The van der Waals surface area contributed by atoms with Crippen molar-refractivity contribution in [3.8, 4) is 0 Å². The van der Waals surface area contributed by atoms with Crippen molar-refractivity contribution < 1.29 is 13.5 Å². The quantitative estimate of drug-likeness (QED) is 0.868. The highest BCUT2D eigenvalue weighted by molar-refractivity contribution is 9.10. The minimum atomic E-state index is -3.23. The molecule has 110 valence electrons. The first-order chi connectivity index (χ1) is 9.39. The van der Waals surface area contributed by atoms with E-state index in [1.165, 1.54) is 0 Å². The fourth-order valence-corrected chi connectivity index (χ4v) is 4.32. The third kappa shape index (κ3) is 2.93. The Bertz CT molecular complexity index is 589. The number of likely N-dealkylation sites (tertiary alicyclic amines) is 1. The van der Waals surface area contributed by atoms with Crippen LogP contribution in [0.5, 0.6) is 0 Å². The van der Waals surface area contributed by atoms with Crippen LogP contribution in [0.3, 0.4) is 0 Å². The van der Waals surface area contributed by atoms with Gasteiger partial charge in [-0.25, -0.2) is 8.42 Å². The van der Waals surface area contributed by atoms with E-state index in [2.05, 4.69) is 15.9 Å². The molecule has 1 aliphatic heterocycles. The van der Waals surface area contributed by atoms with E-state index in [-0.39, 0.29) is 5.75 Å². The van der Waals surface area contributed by atoms with Gasteiger partial charge in [-0.3, -0.25) is 4.90 Å². The van der Waals surface area contributed by atoms with Gasteiger partial charge < -0.3 is 5.11 Å².